The average Bonchev–Trinajstić information content (AvgIpc) is 2.41. The molecule has 0 aliphatic carbocycles. The monoisotopic (exact) mass is 276 g/mol. The molecule has 20 heavy (non-hydrogen) atoms. The molecule has 3 heteroatoms. The number of nitrogens with one attached hydrogen (secondary N) is 1. The van der Waals surface area contributed by atoms with Crippen LogP contribution in [0.2, 0.25) is 0 Å². The van der Waals surface area contributed by atoms with Crippen molar-refractivity contribution < 1.29 is 5.11 Å². The number of aliphatic hydroxyl groups excluding tert-OH is 1. The minimum Gasteiger partial charge on any atom is -0.387 e. The summed E-state index contributed by atoms with van der Waals surface area (Å²) < 4.78 is 0. The molecular weight excluding hydrogens is 248 g/mol. The van der Waals surface area contributed by atoms with E-state index < -0.39 is 6.10 Å². The number of likely N-dealkylation sites (tertiary alicyclic amines) is 1. The van der Waals surface area contributed by atoms with E-state index in [0.717, 1.165) is 18.5 Å². The molecular formula is C17H28N2O. The Kier molecular flexibility index (Phi) is 5.19. The maximum atomic E-state index is 10.3. The fourth-order valence-corrected chi connectivity index (χ4v) is 3.08. The van der Waals surface area contributed by atoms with Gasteiger partial charge < -0.3 is 15.3 Å². The van der Waals surface area contributed by atoms with E-state index in [4.69, 9.17) is 0 Å². The van der Waals surface area contributed by atoms with Crippen LogP contribution in [-0.2, 0) is 0 Å². The molecule has 1 aromatic carbocycles. The fourth-order valence-electron chi connectivity index (χ4n) is 3.08. The van der Waals surface area contributed by atoms with Crippen LogP contribution in [0.15, 0.2) is 24.3 Å². The van der Waals surface area contributed by atoms with Crippen molar-refractivity contribution in [1.82, 2.24) is 10.2 Å². The van der Waals surface area contributed by atoms with Crippen molar-refractivity contribution in [3.05, 3.63) is 35.4 Å². The highest BCUT2D eigenvalue weighted by Crippen LogP contribution is 2.21. The molecule has 0 saturated carbocycles. The van der Waals surface area contributed by atoms with E-state index in [0.29, 0.717) is 24.5 Å². The second kappa shape index (κ2) is 6.70. The number of piperidine rings is 1. The highest BCUT2D eigenvalue weighted by Gasteiger charge is 2.28. The van der Waals surface area contributed by atoms with E-state index in [1.54, 1.807) is 0 Å². The van der Waals surface area contributed by atoms with Crippen LogP contribution < -0.4 is 5.32 Å². The summed E-state index contributed by atoms with van der Waals surface area (Å²) in [6.45, 7) is 8.38. The summed E-state index contributed by atoms with van der Waals surface area (Å²) in [6.07, 6.45) is 0.732. The van der Waals surface area contributed by atoms with Crippen LogP contribution in [0.4, 0.5) is 0 Å². The van der Waals surface area contributed by atoms with Crippen LogP contribution in [-0.4, -0.2) is 42.2 Å². The SMILES string of the molecule is Cc1cccc([C@H](O)CN[C@@H]2C[C@@H](C)N(C)C[C@@H]2C)c1. The van der Waals surface area contributed by atoms with Crippen molar-refractivity contribution in [3.8, 4) is 0 Å². The Hall–Kier alpha value is -0.900. The Bertz CT molecular complexity index is 435. The molecule has 0 radical (unpaired) electrons. The van der Waals surface area contributed by atoms with Gasteiger partial charge in [0, 0.05) is 25.2 Å². The maximum Gasteiger partial charge on any atom is 0.0914 e. The van der Waals surface area contributed by atoms with Gasteiger partial charge >= 0.3 is 0 Å². The zero-order chi connectivity index (χ0) is 14.7. The molecule has 4 atom stereocenters. The van der Waals surface area contributed by atoms with Gasteiger partial charge in [0.1, 0.15) is 0 Å². The van der Waals surface area contributed by atoms with Crippen LogP contribution in [0.3, 0.4) is 0 Å². The van der Waals surface area contributed by atoms with E-state index in [1.807, 2.05) is 12.1 Å². The smallest absolute Gasteiger partial charge is 0.0914 e. The number of aliphatic hydroxyl groups is 1. The van der Waals surface area contributed by atoms with Crippen molar-refractivity contribution in [2.75, 3.05) is 20.1 Å². The first-order valence-electron chi connectivity index (χ1n) is 7.65. The Labute approximate surface area is 123 Å². The van der Waals surface area contributed by atoms with Crippen LogP contribution in [0, 0.1) is 12.8 Å². The fraction of sp³-hybridized carbons (Fsp3) is 0.647. The van der Waals surface area contributed by atoms with E-state index in [9.17, 15) is 5.11 Å². The van der Waals surface area contributed by atoms with Crippen molar-refractivity contribution in [1.29, 1.82) is 0 Å². The molecule has 112 valence electrons. The standard InChI is InChI=1S/C17H28N2O/c1-12-6-5-7-15(8-12)17(20)10-18-16-9-14(3)19(4)11-13(16)2/h5-8,13-14,16-18,20H,9-11H2,1-4H3/t13-,14+,16+,17+/m0/s1. The first-order chi connectivity index (χ1) is 9.47. The van der Waals surface area contributed by atoms with E-state index in [1.165, 1.54) is 5.56 Å². The van der Waals surface area contributed by atoms with Gasteiger partial charge in [-0.1, -0.05) is 36.8 Å². The van der Waals surface area contributed by atoms with Gasteiger partial charge in [-0.05, 0) is 38.8 Å². The summed E-state index contributed by atoms with van der Waals surface area (Å²) in [4.78, 5) is 2.42. The highest BCUT2D eigenvalue weighted by atomic mass is 16.3. The first-order valence-corrected chi connectivity index (χ1v) is 7.65. The molecule has 0 bridgehead atoms. The Balaban J connectivity index is 1.88. The number of benzene rings is 1. The molecule has 0 unspecified atom stereocenters. The topological polar surface area (TPSA) is 35.5 Å². The van der Waals surface area contributed by atoms with Gasteiger partial charge in [-0.2, -0.15) is 0 Å². The van der Waals surface area contributed by atoms with Gasteiger partial charge in [-0.25, -0.2) is 0 Å². The molecule has 3 nitrogen and oxygen atoms in total. The number of hydrogen-bond acceptors (Lipinski definition) is 3. The summed E-state index contributed by atoms with van der Waals surface area (Å²) in [7, 11) is 2.19. The predicted molar refractivity (Wildman–Crippen MR) is 83.8 cm³/mol. The Morgan fingerprint density at radius 1 is 1.40 bits per heavy atom. The average molecular weight is 276 g/mol. The first kappa shape index (κ1) is 15.5. The lowest BCUT2D eigenvalue weighted by molar-refractivity contribution is 0.106. The molecule has 2 N–H and O–H groups in total. The third-order valence-electron chi connectivity index (χ3n) is 4.61. The largest absolute Gasteiger partial charge is 0.387 e. The summed E-state index contributed by atoms with van der Waals surface area (Å²) >= 11 is 0. The molecule has 0 spiro atoms. The second-order valence-corrected chi connectivity index (χ2v) is 6.45. The van der Waals surface area contributed by atoms with Gasteiger partial charge in [-0.15, -0.1) is 0 Å². The summed E-state index contributed by atoms with van der Waals surface area (Å²) in [5, 5.41) is 13.9. The van der Waals surface area contributed by atoms with Crippen molar-refractivity contribution in [2.45, 2.75) is 45.4 Å². The van der Waals surface area contributed by atoms with E-state index in [2.05, 4.69) is 50.2 Å². The zero-order valence-corrected chi connectivity index (χ0v) is 13.1. The van der Waals surface area contributed by atoms with Crippen LogP contribution in [0.5, 0.6) is 0 Å². The Morgan fingerprint density at radius 2 is 2.15 bits per heavy atom. The molecule has 2 rings (SSSR count). The van der Waals surface area contributed by atoms with Gasteiger partial charge in [-0.3, -0.25) is 0 Å². The molecule has 1 fully saturated rings. The van der Waals surface area contributed by atoms with Crippen LogP contribution in [0.25, 0.3) is 0 Å². The Morgan fingerprint density at radius 3 is 2.85 bits per heavy atom. The third kappa shape index (κ3) is 3.81. The normalized spacial score (nSPS) is 29.4. The zero-order valence-electron chi connectivity index (χ0n) is 13.1. The maximum absolute atomic E-state index is 10.3. The van der Waals surface area contributed by atoms with Gasteiger partial charge in [0.2, 0.25) is 0 Å². The summed E-state index contributed by atoms with van der Waals surface area (Å²) in [5.74, 6) is 0.626. The molecule has 1 saturated heterocycles. The molecule has 1 heterocycles. The molecule has 0 aromatic heterocycles. The van der Waals surface area contributed by atoms with Gasteiger partial charge in [0.25, 0.3) is 0 Å². The summed E-state index contributed by atoms with van der Waals surface area (Å²) in [6, 6.07) is 9.24. The molecule has 0 amide bonds. The van der Waals surface area contributed by atoms with Crippen molar-refractivity contribution in [3.63, 3.8) is 0 Å². The van der Waals surface area contributed by atoms with Crippen LogP contribution in [0.1, 0.15) is 37.5 Å². The van der Waals surface area contributed by atoms with Crippen molar-refractivity contribution >= 4 is 0 Å². The van der Waals surface area contributed by atoms with E-state index >= 15 is 0 Å². The lowest BCUT2D eigenvalue weighted by atomic mass is 9.89. The van der Waals surface area contributed by atoms with Gasteiger partial charge in [0.15, 0.2) is 0 Å². The quantitative estimate of drug-likeness (QED) is 0.886. The third-order valence-corrected chi connectivity index (χ3v) is 4.61. The number of rotatable bonds is 4. The molecule has 1 aromatic rings. The number of nitrogens with zero attached hydrogens (tertiary/aromatic N) is 1. The van der Waals surface area contributed by atoms with Gasteiger partial charge in [0.05, 0.1) is 6.10 Å². The second-order valence-electron chi connectivity index (χ2n) is 6.45. The lowest BCUT2D eigenvalue weighted by Gasteiger charge is -2.40. The molecule has 1 aliphatic rings. The van der Waals surface area contributed by atoms with E-state index in [-0.39, 0.29) is 0 Å². The highest BCUT2D eigenvalue weighted by molar-refractivity contribution is 5.24. The minimum atomic E-state index is -0.419. The minimum absolute atomic E-state index is 0.419. The summed E-state index contributed by atoms with van der Waals surface area (Å²) in [5.41, 5.74) is 2.20. The number of aryl methyl sites for hydroxylation is 1. The van der Waals surface area contributed by atoms with Crippen molar-refractivity contribution in [2.24, 2.45) is 5.92 Å². The van der Waals surface area contributed by atoms with Crippen LogP contribution >= 0.6 is 0 Å². The number of hydrogen-bond donors (Lipinski definition) is 2. The molecule has 1 aliphatic heterocycles. The predicted octanol–water partition coefficient (Wildman–Crippen LogP) is 2.35. The lowest BCUT2D eigenvalue weighted by Crippen LogP contribution is -2.51.